The van der Waals surface area contributed by atoms with Crippen LogP contribution in [-0.4, -0.2) is 31.9 Å². The molecule has 1 atom stereocenters. The molecule has 0 amide bonds. The van der Waals surface area contributed by atoms with Gasteiger partial charge in [0.25, 0.3) is 0 Å². The SMILES string of the molecule is CC1(C)CN(S(=O)(=O)c2ccc(F)c(Br)c2)CCC1N.Cl. The molecule has 1 saturated heterocycles. The van der Waals surface area contributed by atoms with Crippen LogP contribution in [0.15, 0.2) is 27.6 Å². The smallest absolute Gasteiger partial charge is 0.243 e. The number of rotatable bonds is 2. The van der Waals surface area contributed by atoms with Crippen LogP contribution in [0.4, 0.5) is 4.39 Å². The number of nitrogens with two attached hydrogens (primary N) is 1. The van der Waals surface area contributed by atoms with E-state index < -0.39 is 15.8 Å². The molecule has 0 spiro atoms. The molecule has 21 heavy (non-hydrogen) atoms. The van der Waals surface area contributed by atoms with Gasteiger partial charge in [-0.05, 0) is 46.0 Å². The summed E-state index contributed by atoms with van der Waals surface area (Å²) in [7, 11) is -3.61. The van der Waals surface area contributed by atoms with E-state index in [0.717, 1.165) is 6.07 Å². The molecule has 1 aliphatic heterocycles. The van der Waals surface area contributed by atoms with Crippen LogP contribution >= 0.6 is 28.3 Å². The maximum absolute atomic E-state index is 13.2. The molecule has 1 heterocycles. The van der Waals surface area contributed by atoms with Crippen LogP contribution in [0.5, 0.6) is 0 Å². The zero-order valence-electron chi connectivity index (χ0n) is 11.8. The van der Waals surface area contributed by atoms with Crippen molar-refractivity contribution in [1.29, 1.82) is 0 Å². The molecule has 1 aromatic carbocycles. The third-order valence-electron chi connectivity index (χ3n) is 3.81. The molecule has 0 aromatic heterocycles. The summed E-state index contributed by atoms with van der Waals surface area (Å²) in [4.78, 5) is 0.0945. The summed E-state index contributed by atoms with van der Waals surface area (Å²) in [6, 6.07) is 3.72. The Morgan fingerprint density at radius 2 is 2.05 bits per heavy atom. The Morgan fingerprint density at radius 3 is 2.57 bits per heavy atom. The number of nitrogens with zero attached hydrogens (tertiary/aromatic N) is 1. The van der Waals surface area contributed by atoms with Crippen LogP contribution in [0.1, 0.15) is 20.3 Å². The van der Waals surface area contributed by atoms with E-state index in [4.69, 9.17) is 5.73 Å². The van der Waals surface area contributed by atoms with Crippen molar-refractivity contribution in [3.05, 3.63) is 28.5 Å². The topological polar surface area (TPSA) is 63.4 Å². The van der Waals surface area contributed by atoms with Gasteiger partial charge >= 0.3 is 0 Å². The number of piperidine rings is 1. The molecule has 4 nitrogen and oxygen atoms in total. The van der Waals surface area contributed by atoms with E-state index in [2.05, 4.69) is 15.9 Å². The first-order valence-corrected chi connectivity index (χ1v) is 8.59. The summed E-state index contributed by atoms with van der Waals surface area (Å²) in [5.74, 6) is -0.482. The minimum atomic E-state index is -3.61. The van der Waals surface area contributed by atoms with Crippen molar-refractivity contribution < 1.29 is 12.8 Å². The molecule has 120 valence electrons. The highest BCUT2D eigenvalue weighted by Crippen LogP contribution is 2.32. The normalized spacial score (nSPS) is 22.6. The van der Waals surface area contributed by atoms with Gasteiger partial charge in [0.1, 0.15) is 5.82 Å². The van der Waals surface area contributed by atoms with E-state index in [0.29, 0.717) is 19.5 Å². The summed E-state index contributed by atoms with van der Waals surface area (Å²) in [5.41, 5.74) is 5.75. The van der Waals surface area contributed by atoms with Crippen molar-refractivity contribution in [2.24, 2.45) is 11.1 Å². The molecule has 2 N–H and O–H groups in total. The standard InChI is InChI=1S/C13H18BrFN2O2S.ClH/c1-13(2)8-17(6-5-12(13)16)20(18,19)9-3-4-11(15)10(14)7-9;/h3-4,7,12H,5-6,8,16H2,1-2H3;1H. The molecular formula is C13H19BrClFN2O2S. The van der Waals surface area contributed by atoms with E-state index >= 15 is 0 Å². The Labute approximate surface area is 139 Å². The van der Waals surface area contributed by atoms with Gasteiger partial charge in [0.15, 0.2) is 0 Å². The zero-order chi connectivity index (χ0) is 15.1. The fourth-order valence-electron chi connectivity index (χ4n) is 2.32. The second-order valence-corrected chi connectivity index (χ2v) is 8.59. The summed E-state index contributed by atoms with van der Waals surface area (Å²) in [6.45, 7) is 4.67. The predicted molar refractivity (Wildman–Crippen MR) is 86.5 cm³/mol. The highest BCUT2D eigenvalue weighted by Gasteiger charge is 2.38. The minimum absolute atomic E-state index is 0. The van der Waals surface area contributed by atoms with Gasteiger partial charge in [-0.3, -0.25) is 0 Å². The molecule has 1 aliphatic rings. The van der Waals surface area contributed by atoms with Crippen LogP contribution < -0.4 is 5.73 Å². The fourth-order valence-corrected chi connectivity index (χ4v) is 4.50. The fraction of sp³-hybridized carbons (Fsp3) is 0.538. The van der Waals surface area contributed by atoms with Crippen molar-refractivity contribution in [2.45, 2.75) is 31.2 Å². The van der Waals surface area contributed by atoms with Crippen LogP contribution in [-0.2, 0) is 10.0 Å². The second-order valence-electron chi connectivity index (χ2n) is 5.80. The van der Waals surface area contributed by atoms with E-state index in [9.17, 15) is 12.8 Å². The lowest BCUT2D eigenvalue weighted by atomic mass is 9.81. The molecule has 0 saturated carbocycles. The lowest BCUT2D eigenvalue weighted by Gasteiger charge is -2.41. The monoisotopic (exact) mass is 400 g/mol. The van der Waals surface area contributed by atoms with Crippen LogP contribution in [0.2, 0.25) is 0 Å². The molecule has 1 aromatic rings. The van der Waals surface area contributed by atoms with Crippen molar-refractivity contribution >= 4 is 38.4 Å². The Hall–Kier alpha value is -0.210. The van der Waals surface area contributed by atoms with E-state index in [1.807, 2.05) is 13.8 Å². The molecule has 0 aliphatic carbocycles. The summed E-state index contributed by atoms with van der Waals surface area (Å²) >= 11 is 3.02. The van der Waals surface area contributed by atoms with Crippen LogP contribution in [0, 0.1) is 11.2 Å². The van der Waals surface area contributed by atoms with Gasteiger partial charge in [-0.25, -0.2) is 12.8 Å². The Bertz CT molecular complexity index is 625. The lowest BCUT2D eigenvalue weighted by Crippen LogP contribution is -2.53. The Morgan fingerprint density at radius 1 is 1.43 bits per heavy atom. The van der Waals surface area contributed by atoms with Crippen molar-refractivity contribution in [2.75, 3.05) is 13.1 Å². The van der Waals surface area contributed by atoms with Gasteiger partial charge in [0.05, 0.1) is 9.37 Å². The van der Waals surface area contributed by atoms with Gasteiger partial charge in [0, 0.05) is 19.1 Å². The van der Waals surface area contributed by atoms with E-state index in [-0.39, 0.29) is 33.2 Å². The maximum Gasteiger partial charge on any atom is 0.243 e. The largest absolute Gasteiger partial charge is 0.327 e. The first kappa shape index (κ1) is 18.8. The maximum atomic E-state index is 13.2. The Kier molecular flexibility index (Phi) is 5.83. The molecule has 1 unspecified atom stereocenters. The van der Waals surface area contributed by atoms with Gasteiger partial charge in [-0.1, -0.05) is 13.8 Å². The third-order valence-corrected chi connectivity index (χ3v) is 6.25. The zero-order valence-corrected chi connectivity index (χ0v) is 15.1. The number of benzene rings is 1. The highest BCUT2D eigenvalue weighted by atomic mass is 79.9. The second kappa shape index (κ2) is 6.50. The minimum Gasteiger partial charge on any atom is -0.327 e. The molecular weight excluding hydrogens is 383 g/mol. The van der Waals surface area contributed by atoms with Gasteiger partial charge in [-0.15, -0.1) is 12.4 Å². The van der Waals surface area contributed by atoms with Gasteiger partial charge < -0.3 is 5.73 Å². The average Bonchev–Trinajstić information content (AvgIpc) is 2.35. The molecule has 2 rings (SSSR count). The third kappa shape index (κ3) is 3.76. The number of sulfonamides is 1. The number of hydrogen-bond acceptors (Lipinski definition) is 3. The average molecular weight is 402 g/mol. The van der Waals surface area contributed by atoms with E-state index in [1.165, 1.54) is 16.4 Å². The Balaban J connectivity index is 0.00000220. The van der Waals surface area contributed by atoms with Gasteiger partial charge in [-0.2, -0.15) is 4.31 Å². The number of halogens is 3. The molecule has 0 bridgehead atoms. The van der Waals surface area contributed by atoms with Crippen molar-refractivity contribution in [3.8, 4) is 0 Å². The van der Waals surface area contributed by atoms with E-state index in [1.54, 1.807) is 0 Å². The predicted octanol–water partition coefficient (Wildman–Crippen LogP) is 2.76. The lowest BCUT2D eigenvalue weighted by molar-refractivity contribution is 0.155. The molecule has 1 fully saturated rings. The first-order valence-electron chi connectivity index (χ1n) is 6.35. The van der Waals surface area contributed by atoms with Crippen LogP contribution in [0.3, 0.4) is 0 Å². The summed E-state index contributed by atoms with van der Waals surface area (Å²) in [6.07, 6.45) is 0.620. The quantitative estimate of drug-likeness (QED) is 0.829. The molecule has 8 heteroatoms. The highest BCUT2D eigenvalue weighted by molar-refractivity contribution is 9.10. The first-order chi connectivity index (χ1) is 9.14. The van der Waals surface area contributed by atoms with Gasteiger partial charge in [0.2, 0.25) is 10.0 Å². The summed E-state index contributed by atoms with van der Waals surface area (Å²) in [5, 5.41) is 0. The van der Waals surface area contributed by atoms with Crippen molar-refractivity contribution in [1.82, 2.24) is 4.31 Å². The number of hydrogen-bond donors (Lipinski definition) is 1. The van der Waals surface area contributed by atoms with Crippen molar-refractivity contribution in [3.63, 3.8) is 0 Å². The summed E-state index contributed by atoms with van der Waals surface area (Å²) < 4.78 is 40.0. The van der Waals surface area contributed by atoms with Crippen LogP contribution in [0.25, 0.3) is 0 Å². The molecule has 0 radical (unpaired) electrons.